The number of anilines is 2. The third kappa shape index (κ3) is 3.68. The molecule has 7 heteroatoms. The Kier molecular flexibility index (Phi) is 5.46. The van der Waals surface area contributed by atoms with E-state index >= 15 is 0 Å². The summed E-state index contributed by atoms with van der Waals surface area (Å²) in [5.74, 6) is 0. The fourth-order valence-electron chi connectivity index (χ4n) is 3.82. The van der Waals surface area contributed by atoms with E-state index in [1.54, 1.807) is 0 Å². The van der Waals surface area contributed by atoms with E-state index in [-0.39, 0.29) is 12.4 Å². The van der Waals surface area contributed by atoms with Crippen LogP contribution in [0.2, 0.25) is 0 Å². The molecule has 0 amide bonds. The zero-order chi connectivity index (χ0) is 17.4. The van der Waals surface area contributed by atoms with Crippen LogP contribution in [0.4, 0.5) is 11.4 Å². The van der Waals surface area contributed by atoms with Crippen molar-refractivity contribution in [3.63, 3.8) is 0 Å². The molecule has 2 aromatic carbocycles. The van der Waals surface area contributed by atoms with Gasteiger partial charge < -0.3 is 5.32 Å². The van der Waals surface area contributed by atoms with Gasteiger partial charge in [0.15, 0.2) is 0 Å². The molecule has 0 bridgehead atoms. The number of para-hydroxylation sites is 2. The van der Waals surface area contributed by atoms with Crippen LogP contribution in [-0.4, -0.2) is 39.2 Å². The van der Waals surface area contributed by atoms with E-state index in [2.05, 4.69) is 28.4 Å². The average molecular weight is 394 g/mol. The van der Waals surface area contributed by atoms with Crippen molar-refractivity contribution in [1.29, 1.82) is 0 Å². The number of sulfonamides is 1. The first-order valence-corrected chi connectivity index (χ1v) is 10.5. The molecule has 26 heavy (non-hydrogen) atoms. The van der Waals surface area contributed by atoms with Crippen molar-refractivity contribution >= 4 is 33.8 Å². The van der Waals surface area contributed by atoms with Gasteiger partial charge in [0.2, 0.25) is 10.0 Å². The lowest BCUT2D eigenvalue weighted by molar-refractivity contribution is 0.271. The van der Waals surface area contributed by atoms with Crippen molar-refractivity contribution in [3.8, 4) is 0 Å². The van der Waals surface area contributed by atoms with Gasteiger partial charge in [-0.1, -0.05) is 36.4 Å². The van der Waals surface area contributed by atoms with Crippen LogP contribution in [0.25, 0.3) is 0 Å². The van der Waals surface area contributed by atoms with Gasteiger partial charge in [0.05, 0.1) is 11.9 Å². The normalized spacial score (nSPS) is 16.9. The van der Waals surface area contributed by atoms with Gasteiger partial charge in [-0.3, -0.25) is 9.21 Å². The molecule has 0 atom stereocenters. The second kappa shape index (κ2) is 7.47. The molecule has 2 aromatic rings. The summed E-state index contributed by atoms with van der Waals surface area (Å²) in [4.78, 5) is 2.33. The van der Waals surface area contributed by atoms with Crippen LogP contribution in [0.5, 0.6) is 0 Å². The highest BCUT2D eigenvalue weighted by Gasteiger charge is 2.26. The molecule has 0 spiro atoms. The minimum absolute atomic E-state index is 0. The molecule has 2 aliphatic heterocycles. The summed E-state index contributed by atoms with van der Waals surface area (Å²) in [6.45, 7) is 3.77. The molecule has 4 rings (SSSR count). The lowest BCUT2D eigenvalue weighted by atomic mass is 10.1. The standard InChI is InChI=1S/C19H23N3O2S.ClH/c1-25(23,24)22-12-11-21(13-16-5-2-3-8-18(16)22)14-17-7-4-6-15-9-10-20-19(15)17;/h2-8,20H,9-14H2,1H3;1H. The van der Waals surface area contributed by atoms with Gasteiger partial charge in [0, 0.05) is 38.4 Å². The number of rotatable bonds is 3. The van der Waals surface area contributed by atoms with Crippen molar-refractivity contribution in [2.24, 2.45) is 0 Å². The van der Waals surface area contributed by atoms with Gasteiger partial charge in [-0.05, 0) is 29.2 Å². The summed E-state index contributed by atoms with van der Waals surface area (Å²) in [7, 11) is -3.27. The molecule has 2 aliphatic rings. The van der Waals surface area contributed by atoms with Crippen molar-refractivity contribution < 1.29 is 8.42 Å². The number of hydrogen-bond donors (Lipinski definition) is 1. The lowest BCUT2D eigenvalue weighted by Gasteiger charge is -2.23. The predicted octanol–water partition coefficient (Wildman–Crippen LogP) is 2.86. The molecule has 0 saturated heterocycles. The molecule has 140 valence electrons. The van der Waals surface area contributed by atoms with E-state index < -0.39 is 10.0 Å². The summed E-state index contributed by atoms with van der Waals surface area (Å²) in [5.41, 5.74) is 5.81. The van der Waals surface area contributed by atoms with E-state index in [1.807, 2.05) is 24.3 Å². The smallest absolute Gasteiger partial charge is 0.232 e. The molecule has 0 unspecified atom stereocenters. The highest BCUT2D eigenvalue weighted by molar-refractivity contribution is 7.92. The van der Waals surface area contributed by atoms with Gasteiger partial charge in [-0.15, -0.1) is 12.4 Å². The predicted molar refractivity (Wildman–Crippen MR) is 109 cm³/mol. The number of hydrogen-bond acceptors (Lipinski definition) is 4. The number of fused-ring (bicyclic) bond motifs is 2. The number of benzene rings is 2. The van der Waals surface area contributed by atoms with Crippen molar-refractivity contribution in [1.82, 2.24) is 4.90 Å². The molecule has 0 fully saturated rings. The molecule has 0 radical (unpaired) electrons. The van der Waals surface area contributed by atoms with Crippen molar-refractivity contribution in [2.45, 2.75) is 19.5 Å². The summed E-state index contributed by atoms with van der Waals surface area (Å²) in [6.07, 6.45) is 2.36. The Morgan fingerprint density at radius 2 is 1.81 bits per heavy atom. The van der Waals surface area contributed by atoms with Gasteiger partial charge in [-0.2, -0.15) is 0 Å². The zero-order valence-electron chi connectivity index (χ0n) is 14.8. The average Bonchev–Trinajstić information content (AvgIpc) is 2.96. The van der Waals surface area contributed by atoms with E-state index in [0.29, 0.717) is 13.1 Å². The van der Waals surface area contributed by atoms with E-state index in [1.165, 1.54) is 27.4 Å². The maximum Gasteiger partial charge on any atom is 0.232 e. The summed E-state index contributed by atoms with van der Waals surface area (Å²) in [5, 5.41) is 3.49. The lowest BCUT2D eigenvalue weighted by Crippen LogP contribution is -2.35. The largest absolute Gasteiger partial charge is 0.384 e. The van der Waals surface area contributed by atoms with Crippen LogP contribution in [0, 0.1) is 0 Å². The number of nitrogens with zero attached hydrogens (tertiary/aromatic N) is 2. The fourth-order valence-corrected chi connectivity index (χ4v) is 4.77. The Labute approximate surface area is 161 Å². The summed E-state index contributed by atoms with van der Waals surface area (Å²) in [6, 6.07) is 14.3. The molecule has 0 saturated carbocycles. The fraction of sp³-hybridized carbons (Fsp3) is 0.368. The Bertz CT molecular complexity index is 901. The van der Waals surface area contributed by atoms with Crippen molar-refractivity contribution in [3.05, 3.63) is 59.2 Å². The summed E-state index contributed by atoms with van der Waals surface area (Å²) >= 11 is 0. The molecule has 5 nitrogen and oxygen atoms in total. The second-order valence-corrected chi connectivity index (χ2v) is 8.71. The van der Waals surface area contributed by atoms with Crippen LogP contribution in [-0.2, 0) is 29.5 Å². The number of nitrogens with one attached hydrogen (secondary N) is 1. The summed E-state index contributed by atoms with van der Waals surface area (Å²) < 4.78 is 26.0. The molecule has 1 N–H and O–H groups in total. The third-order valence-corrected chi connectivity index (χ3v) is 6.18. The molecular weight excluding hydrogens is 370 g/mol. The molecular formula is C19H24ClN3O2S. The van der Waals surface area contributed by atoms with E-state index in [9.17, 15) is 8.42 Å². The number of halogens is 1. The zero-order valence-corrected chi connectivity index (χ0v) is 16.4. The van der Waals surface area contributed by atoms with Gasteiger partial charge >= 0.3 is 0 Å². The quantitative estimate of drug-likeness (QED) is 0.871. The van der Waals surface area contributed by atoms with Gasteiger partial charge in [0.1, 0.15) is 0 Å². The Morgan fingerprint density at radius 3 is 2.62 bits per heavy atom. The SMILES string of the molecule is CS(=O)(=O)N1CCN(Cc2cccc3c2NCC3)Cc2ccccc21.Cl. The Balaban J connectivity index is 0.00000196. The van der Waals surface area contributed by atoms with Crippen LogP contribution in [0.3, 0.4) is 0 Å². The highest BCUT2D eigenvalue weighted by Crippen LogP contribution is 2.30. The molecule has 2 heterocycles. The maximum absolute atomic E-state index is 12.2. The van der Waals surface area contributed by atoms with Crippen LogP contribution in [0.15, 0.2) is 42.5 Å². The highest BCUT2D eigenvalue weighted by atomic mass is 35.5. The minimum atomic E-state index is -3.27. The Hall–Kier alpha value is -1.76. The van der Waals surface area contributed by atoms with Crippen LogP contribution >= 0.6 is 12.4 Å². The van der Waals surface area contributed by atoms with Crippen LogP contribution in [0.1, 0.15) is 16.7 Å². The first-order valence-electron chi connectivity index (χ1n) is 8.65. The Morgan fingerprint density at radius 1 is 1.04 bits per heavy atom. The first kappa shape index (κ1) is 19.0. The first-order chi connectivity index (χ1) is 12.0. The molecule has 0 aromatic heterocycles. The second-order valence-electron chi connectivity index (χ2n) is 6.80. The topological polar surface area (TPSA) is 52.7 Å². The van der Waals surface area contributed by atoms with Crippen LogP contribution < -0.4 is 9.62 Å². The van der Waals surface area contributed by atoms with Gasteiger partial charge in [-0.25, -0.2) is 8.42 Å². The maximum atomic E-state index is 12.2. The molecule has 0 aliphatic carbocycles. The third-order valence-electron chi connectivity index (χ3n) is 5.00. The van der Waals surface area contributed by atoms with E-state index in [4.69, 9.17) is 0 Å². The monoisotopic (exact) mass is 393 g/mol. The minimum Gasteiger partial charge on any atom is -0.384 e. The van der Waals surface area contributed by atoms with Crippen molar-refractivity contribution in [2.75, 3.05) is 35.5 Å². The van der Waals surface area contributed by atoms with Gasteiger partial charge in [0.25, 0.3) is 0 Å². The van der Waals surface area contributed by atoms with E-state index in [0.717, 1.165) is 37.3 Å².